The molecule has 3 nitrogen and oxygen atoms in total. The molecule has 3 aromatic rings. The standard InChI is InChI=1S/C14H8Cl2N2O/c15-9-3-1-8(2-4-9)13-12-7-10(16)5-6-11(12)14(19)18-17-13/h1-7H,(H,18,19). The second-order valence-corrected chi connectivity index (χ2v) is 4.97. The SMILES string of the molecule is O=c1[nH]nc(-c2ccc(Cl)cc2)c2cc(Cl)ccc12. The van der Waals surface area contributed by atoms with Gasteiger partial charge in [-0.2, -0.15) is 5.10 Å². The smallest absolute Gasteiger partial charge is 0.267 e. The lowest BCUT2D eigenvalue weighted by molar-refractivity contribution is 1.02. The molecule has 0 spiro atoms. The first-order valence-electron chi connectivity index (χ1n) is 5.59. The summed E-state index contributed by atoms with van der Waals surface area (Å²) in [4.78, 5) is 11.7. The van der Waals surface area contributed by atoms with Crippen LogP contribution in [-0.4, -0.2) is 10.2 Å². The molecule has 0 saturated carbocycles. The fourth-order valence-corrected chi connectivity index (χ4v) is 2.26. The van der Waals surface area contributed by atoms with E-state index in [2.05, 4.69) is 10.2 Å². The summed E-state index contributed by atoms with van der Waals surface area (Å²) in [6.07, 6.45) is 0. The van der Waals surface area contributed by atoms with Crippen molar-refractivity contribution in [3.63, 3.8) is 0 Å². The fraction of sp³-hybridized carbons (Fsp3) is 0. The number of hydrogen-bond donors (Lipinski definition) is 1. The molecule has 0 radical (unpaired) electrons. The van der Waals surface area contributed by atoms with Gasteiger partial charge in [0, 0.05) is 21.0 Å². The Morgan fingerprint density at radius 2 is 1.58 bits per heavy atom. The van der Waals surface area contributed by atoms with Gasteiger partial charge in [0.2, 0.25) is 0 Å². The maximum atomic E-state index is 11.7. The zero-order chi connectivity index (χ0) is 13.4. The molecule has 0 aliphatic heterocycles. The van der Waals surface area contributed by atoms with Crippen molar-refractivity contribution in [2.45, 2.75) is 0 Å². The average Bonchev–Trinajstić information content (AvgIpc) is 2.40. The van der Waals surface area contributed by atoms with Crippen LogP contribution in [0.5, 0.6) is 0 Å². The number of aromatic amines is 1. The van der Waals surface area contributed by atoms with Crippen LogP contribution in [0.3, 0.4) is 0 Å². The Labute approximate surface area is 118 Å². The Bertz CT molecular complexity index is 810. The van der Waals surface area contributed by atoms with Crippen LogP contribution in [0, 0.1) is 0 Å². The third kappa shape index (κ3) is 2.23. The third-order valence-corrected chi connectivity index (χ3v) is 3.36. The molecule has 2 aromatic carbocycles. The molecule has 94 valence electrons. The summed E-state index contributed by atoms with van der Waals surface area (Å²) in [6, 6.07) is 12.4. The number of halogens is 2. The summed E-state index contributed by atoms with van der Waals surface area (Å²) >= 11 is 11.9. The second kappa shape index (κ2) is 4.68. The highest BCUT2D eigenvalue weighted by atomic mass is 35.5. The minimum atomic E-state index is -0.232. The van der Waals surface area contributed by atoms with Gasteiger partial charge < -0.3 is 0 Å². The molecule has 1 aromatic heterocycles. The van der Waals surface area contributed by atoms with Gasteiger partial charge in [-0.25, -0.2) is 5.10 Å². The highest BCUT2D eigenvalue weighted by molar-refractivity contribution is 6.31. The number of rotatable bonds is 1. The van der Waals surface area contributed by atoms with E-state index in [9.17, 15) is 4.79 Å². The molecule has 1 heterocycles. The normalized spacial score (nSPS) is 10.8. The van der Waals surface area contributed by atoms with Gasteiger partial charge in [-0.15, -0.1) is 0 Å². The predicted octanol–water partition coefficient (Wildman–Crippen LogP) is 3.90. The number of H-pyrrole nitrogens is 1. The maximum Gasteiger partial charge on any atom is 0.272 e. The Hall–Kier alpha value is -1.84. The van der Waals surface area contributed by atoms with E-state index in [-0.39, 0.29) is 5.56 Å². The zero-order valence-corrected chi connectivity index (χ0v) is 11.2. The van der Waals surface area contributed by atoms with E-state index in [1.54, 1.807) is 30.3 Å². The first kappa shape index (κ1) is 12.2. The molecule has 0 atom stereocenters. The molecule has 3 rings (SSSR count). The lowest BCUT2D eigenvalue weighted by Crippen LogP contribution is -2.09. The van der Waals surface area contributed by atoms with Crippen molar-refractivity contribution < 1.29 is 0 Å². The van der Waals surface area contributed by atoms with E-state index in [1.807, 2.05) is 12.1 Å². The molecule has 0 amide bonds. The quantitative estimate of drug-likeness (QED) is 0.739. The number of hydrogen-bond acceptors (Lipinski definition) is 2. The minimum absolute atomic E-state index is 0.232. The summed E-state index contributed by atoms with van der Waals surface area (Å²) in [5, 5.41) is 9.10. The Morgan fingerprint density at radius 1 is 0.895 bits per heavy atom. The van der Waals surface area contributed by atoms with Crippen molar-refractivity contribution >= 4 is 34.0 Å². The molecule has 19 heavy (non-hydrogen) atoms. The van der Waals surface area contributed by atoms with Gasteiger partial charge in [0.05, 0.1) is 11.1 Å². The van der Waals surface area contributed by atoms with Crippen molar-refractivity contribution in [1.29, 1.82) is 0 Å². The highest BCUT2D eigenvalue weighted by Gasteiger charge is 2.09. The number of aromatic nitrogens is 2. The van der Waals surface area contributed by atoms with Gasteiger partial charge in [-0.1, -0.05) is 35.3 Å². The Morgan fingerprint density at radius 3 is 2.32 bits per heavy atom. The Balaban J connectivity index is 2.35. The van der Waals surface area contributed by atoms with Crippen molar-refractivity contribution in [3.05, 3.63) is 62.9 Å². The van der Waals surface area contributed by atoms with Crippen LogP contribution < -0.4 is 5.56 Å². The lowest BCUT2D eigenvalue weighted by Gasteiger charge is -2.05. The van der Waals surface area contributed by atoms with Crippen LogP contribution in [-0.2, 0) is 0 Å². The molecule has 0 unspecified atom stereocenters. The third-order valence-electron chi connectivity index (χ3n) is 2.87. The van der Waals surface area contributed by atoms with Gasteiger partial charge in [-0.05, 0) is 30.3 Å². The van der Waals surface area contributed by atoms with Crippen molar-refractivity contribution in [3.8, 4) is 11.3 Å². The van der Waals surface area contributed by atoms with Crippen LogP contribution in [0.4, 0.5) is 0 Å². The number of nitrogens with one attached hydrogen (secondary N) is 1. The maximum absolute atomic E-state index is 11.7. The van der Waals surface area contributed by atoms with Crippen LogP contribution in [0.2, 0.25) is 10.0 Å². The second-order valence-electron chi connectivity index (χ2n) is 4.10. The molecule has 5 heteroatoms. The molecule has 0 aliphatic rings. The van der Waals surface area contributed by atoms with E-state index in [0.717, 1.165) is 10.9 Å². The minimum Gasteiger partial charge on any atom is -0.267 e. The topological polar surface area (TPSA) is 45.8 Å². The molecule has 1 N–H and O–H groups in total. The van der Waals surface area contributed by atoms with Crippen molar-refractivity contribution in [1.82, 2.24) is 10.2 Å². The van der Waals surface area contributed by atoms with Crippen LogP contribution in [0.25, 0.3) is 22.0 Å². The molecular weight excluding hydrogens is 283 g/mol. The van der Waals surface area contributed by atoms with E-state index >= 15 is 0 Å². The van der Waals surface area contributed by atoms with Crippen LogP contribution >= 0.6 is 23.2 Å². The summed E-state index contributed by atoms with van der Waals surface area (Å²) in [7, 11) is 0. The first-order chi connectivity index (χ1) is 9.15. The number of benzene rings is 2. The summed E-state index contributed by atoms with van der Waals surface area (Å²) in [5.41, 5.74) is 1.31. The molecule has 0 saturated heterocycles. The largest absolute Gasteiger partial charge is 0.272 e. The van der Waals surface area contributed by atoms with Gasteiger partial charge in [0.1, 0.15) is 0 Å². The molecule has 0 aliphatic carbocycles. The molecule has 0 fully saturated rings. The first-order valence-corrected chi connectivity index (χ1v) is 6.34. The van der Waals surface area contributed by atoms with Crippen LogP contribution in [0.15, 0.2) is 47.3 Å². The molecule has 0 bridgehead atoms. The predicted molar refractivity (Wildman–Crippen MR) is 77.8 cm³/mol. The van der Waals surface area contributed by atoms with E-state index in [4.69, 9.17) is 23.2 Å². The highest BCUT2D eigenvalue weighted by Crippen LogP contribution is 2.27. The monoisotopic (exact) mass is 290 g/mol. The van der Waals surface area contributed by atoms with E-state index < -0.39 is 0 Å². The zero-order valence-electron chi connectivity index (χ0n) is 9.65. The lowest BCUT2D eigenvalue weighted by atomic mass is 10.1. The summed E-state index contributed by atoms with van der Waals surface area (Å²) < 4.78 is 0. The number of fused-ring (bicyclic) bond motifs is 1. The van der Waals surface area contributed by atoms with Gasteiger partial charge >= 0.3 is 0 Å². The van der Waals surface area contributed by atoms with Gasteiger partial charge in [-0.3, -0.25) is 4.79 Å². The Kier molecular flexibility index (Phi) is 3.01. The van der Waals surface area contributed by atoms with Gasteiger partial charge in [0.25, 0.3) is 5.56 Å². The number of nitrogens with zero attached hydrogens (tertiary/aromatic N) is 1. The van der Waals surface area contributed by atoms with Gasteiger partial charge in [0.15, 0.2) is 0 Å². The van der Waals surface area contributed by atoms with E-state index in [0.29, 0.717) is 21.1 Å². The van der Waals surface area contributed by atoms with E-state index in [1.165, 1.54) is 0 Å². The fourth-order valence-electron chi connectivity index (χ4n) is 1.97. The molecular formula is C14H8Cl2N2O. The summed E-state index contributed by atoms with van der Waals surface area (Å²) in [6.45, 7) is 0. The van der Waals surface area contributed by atoms with Crippen molar-refractivity contribution in [2.24, 2.45) is 0 Å². The van der Waals surface area contributed by atoms with Crippen LogP contribution in [0.1, 0.15) is 0 Å². The summed E-state index contributed by atoms with van der Waals surface area (Å²) in [5.74, 6) is 0. The average molecular weight is 291 g/mol. The van der Waals surface area contributed by atoms with Crippen molar-refractivity contribution in [2.75, 3.05) is 0 Å².